The first kappa shape index (κ1) is 73.2. The number of carbonyl (C=O) groups is 9. The number of amides is 8. The Hall–Kier alpha value is -6.32. The highest BCUT2D eigenvalue weighted by Gasteiger charge is 2.64. The van der Waals surface area contributed by atoms with Crippen LogP contribution >= 0.6 is 43.5 Å². The first-order valence-electron chi connectivity index (χ1n) is 28.9. The number of epoxide rings is 1. The van der Waals surface area contributed by atoms with Crippen LogP contribution in [0.15, 0.2) is 60.2 Å². The maximum Gasteiger partial charge on any atom is 0.409 e. The number of fused-ring (bicyclic) bond motifs is 5. The smallest absolute Gasteiger partial charge is 0.409 e. The molecule has 9 atom stereocenters. The van der Waals surface area contributed by atoms with Crippen molar-refractivity contribution in [2.75, 3.05) is 68.9 Å². The second-order valence-corrected chi connectivity index (χ2v) is 23.6. The number of esters is 2. The molecule has 3 aliphatic heterocycles. The summed E-state index contributed by atoms with van der Waals surface area (Å²) in [6.07, 6.45) is 3.39. The summed E-state index contributed by atoms with van der Waals surface area (Å²) < 4.78 is 34.8. The number of urea groups is 1. The summed E-state index contributed by atoms with van der Waals surface area (Å²) in [6.45, 7) is 10.9. The lowest BCUT2D eigenvalue weighted by Gasteiger charge is -2.42. The van der Waals surface area contributed by atoms with Crippen LogP contribution in [-0.4, -0.2) is 170 Å². The lowest BCUT2D eigenvalue weighted by molar-refractivity contribution is -0.158. The summed E-state index contributed by atoms with van der Waals surface area (Å²) in [5.74, 6) is -4.65. The summed E-state index contributed by atoms with van der Waals surface area (Å²) in [5.41, 5.74) is 4.22. The lowest BCUT2D eigenvalue weighted by atomic mass is 9.83. The van der Waals surface area contributed by atoms with Gasteiger partial charge in [0.1, 0.15) is 46.8 Å². The van der Waals surface area contributed by atoms with Crippen molar-refractivity contribution < 1.29 is 76.7 Å². The predicted molar refractivity (Wildman–Crippen MR) is 334 cm³/mol. The van der Waals surface area contributed by atoms with E-state index >= 15 is 0 Å². The summed E-state index contributed by atoms with van der Waals surface area (Å²) in [4.78, 5) is 121. The van der Waals surface area contributed by atoms with Gasteiger partial charge in [0.25, 0.3) is 5.91 Å². The van der Waals surface area contributed by atoms with Crippen molar-refractivity contribution in [2.24, 2.45) is 17.6 Å². The number of hydrogen-bond donors (Lipinski definition) is 7. The molecule has 0 aliphatic carbocycles. The molecule has 2 fully saturated rings. The molecule has 3 heterocycles. The molecule has 2 aromatic carbocycles. The molecule has 0 spiro atoms. The third-order valence-electron chi connectivity index (χ3n) is 14.9. The standard InChI is InChI=1S/C57H77Br2ClN8O16.C3H8/c1-32-14-12-16-43(80-8)57(78)28-42(82-55(77)66-57)33(2)49-56(4,84-49)44(27-47(71)68(6)40-25-35(24-32)26-41(79-7)48(40)60)83-52(74)34(3)67(5)51(73)36-18-20-38(21-19-36)64-50(72)39(15-13-22-62-54(61)76)65-46(70)31-63-45(69)17-10-9-11-23-81-53(75)37(29-58)30-59;1-3-2/h12,14,16,18-21,25-26,33-34,37,39,42-44,49,78H,9-11,13,15,17,22-24,27-31H2,1-8H3,(H,63,69)(H,64,72)(H,65,70)(H,66,77)(H3,61,62,76);3H2,1-2H3/b16-12+,32-14+;/t33-,34+,39?,42?,43-,44+,49?,56+,57+;/m1./s1. The molecule has 4 bridgehead atoms. The van der Waals surface area contributed by atoms with Crippen LogP contribution in [0.2, 0.25) is 5.02 Å². The molecule has 24 nitrogen and oxygen atoms in total. The molecule has 8 N–H and O–H groups in total. The first-order chi connectivity index (χ1) is 41.2. The zero-order valence-electron chi connectivity index (χ0n) is 51.1. The number of anilines is 2. The van der Waals surface area contributed by atoms with E-state index in [1.54, 1.807) is 38.1 Å². The zero-order chi connectivity index (χ0) is 64.8. The molecule has 2 aromatic rings. The Morgan fingerprint density at radius 3 is 2.30 bits per heavy atom. The highest BCUT2D eigenvalue weighted by Crippen LogP contribution is 2.49. The maximum atomic E-state index is 14.5. The molecule has 27 heteroatoms. The van der Waals surface area contributed by atoms with E-state index < -0.39 is 108 Å². The van der Waals surface area contributed by atoms with Gasteiger partial charge in [-0.1, -0.05) is 94.5 Å². The Morgan fingerprint density at radius 2 is 1.67 bits per heavy atom. The molecule has 5 rings (SSSR count). The number of primary amides is 1. The van der Waals surface area contributed by atoms with Crippen molar-refractivity contribution in [2.45, 2.75) is 154 Å². The highest BCUT2D eigenvalue weighted by atomic mass is 79.9. The summed E-state index contributed by atoms with van der Waals surface area (Å²) >= 11 is 13.4. The fraction of sp³-hybridized carbons (Fsp3) is 0.583. The minimum atomic E-state index is -1.91. The molecule has 2 saturated heterocycles. The molecule has 3 unspecified atom stereocenters. The van der Waals surface area contributed by atoms with Gasteiger partial charge in [-0.05, 0) is 101 Å². The topological polar surface area (TPSA) is 325 Å². The molecule has 3 aliphatic rings. The van der Waals surface area contributed by atoms with E-state index in [0.717, 1.165) is 16.0 Å². The monoisotopic (exact) mass is 1370 g/mol. The van der Waals surface area contributed by atoms with Crippen LogP contribution < -0.4 is 42.0 Å². The van der Waals surface area contributed by atoms with Crippen LogP contribution in [0.3, 0.4) is 0 Å². The number of carbonyl (C=O) groups excluding carboxylic acids is 9. The highest BCUT2D eigenvalue weighted by molar-refractivity contribution is 9.09. The second kappa shape index (κ2) is 35.0. The largest absolute Gasteiger partial charge is 0.495 e. The van der Waals surface area contributed by atoms with E-state index in [1.165, 1.54) is 70.8 Å². The Balaban J connectivity index is 0.00000528. The van der Waals surface area contributed by atoms with Crippen LogP contribution in [0.4, 0.5) is 21.0 Å². The van der Waals surface area contributed by atoms with Crippen LogP contribution in [0.1, 0.15) is 115 Å². The third kappa shape index (κ3) is 21.5. The van der Waals surface area contributed by atoms with E-state index in [1.807, 2.05) is 13.0 Å². The number of methoxy groups -OCH3 is 2. The minimum Gasteiger partial charge on any atom is -0.495 e. The number of allylic oxidation sites excluding steroid dienone is 3. The maximum absolute atomic E-state index is 14.5. The van der Waals surface area contributed by atoms with Gasteiger partial charge >= 0.3 is 24.1 Å². The van der Waals surface area contributed by atoms with Gasteiger partial charge in [0.15, 0.2) is 5.72 Å². The number of aliphatic hydroxyl groups is 1. The van der Waals surface area contributed by atoms with Crippen molar-refractivity contribution in [3.05, 3.63) is 76.3 Å². The SMILES string of the molecule is CCC.COc1cc2cc(c1Cl)N(C)C(=O)C[C@H](OC(=O)[C@H](C)N(C)C(=O)c1ccc(NC(=O)C(CCCNC(N)=O)NC(=O)CNC(=O)CCCCCOC(=O)C(CBr)CBr)cc1)[C@]1(C)OC1[C@H](C)C1C[C@@](O)(NC(=O)O1)[C@H](OC)/C=C/C=C(\C)C2. The zero-order valence-corrected chi connectivity index (χ0v) is 55.0. The number of nitrogens with two attached hydrogens (primary N) is 1. The minimum absolute atomic E-state index is 0.0644. The van der Waals surface area contributed by atoms with Crippen molar-refractivity contribution in [1.82, 2.24) is 26.2 Å². The van der Waals surface area contributed by atoms with Crippen molar-refractivity contribution in [1.29, 1.82) is 0 Å². The van der Waals surface area contributed by atoms with E-state index in [2.05, 4.69) is 72.3 Å². The molecule has 0 saturated carbocycles. The quantitative estimate of drug-likeness (QED) is 0.0188. The molecule has 482 valence electrons. The van der Waals surface area contributed by atoms with Gasteiger partial charge in [-0.2, -0.15) is 0 Å². The van der Waals surface area contributed by atoms with E-state index in [9.17, 15) is 48.3 Å². The lowest BCUT2D eigenvalue weighted by Crippen LogP contribution is -2.63. The number of nitrogens with zero attached hydrogens (tertiary/aromatic N) is 2. The first-order valence-corrected chi connectivity index (χ1v) is 31.5. The molecular weight excluding hydrogens is 1280 g/mol. The van der Waals surface area contributed by atoms with Gasteiger partial charge in [0.2, 0.25) is 23.6 Å². The third-order valence-corrected chi connectivity index (χ3v) is 16.9. The average Bonchev–Trinajstić information content (AvgIpc) is 1.61. The number of alkyl halides is 2. The normalized spacial score (nSPS) is 23.4. The number of benzene rings is 2. The molecule has 87 heavy (non-hydrogen) atoms. The number of rotatable bonds is 24. The number of hydrogen-bond acceptors (Lipinski definition) is 16. The summed E-state index contributed by atoms with van der Waals surface area (Å²) in [7, 11) is 5.77. The van der Waals surface area contributed by atoms with Gasteiger partial charge in [-0.25, -0.2) is 14.4 Å². The van der Waals surface area contributed by atoms with Crippen molar-refractivity contribution in [3.8, 4) is 5.75 Å². The molecular formula is C60H85Br2ClN8O16. The molecule has 0 aromatic heterocycles. The van der Waals surface area contributed by atoms with Gasteiger partial charge in [0.05, 0.1) is 44.4 Å². The number of halogens is 3. The number of ether oxygens (including phenoxy) is 6. The van der Waals surface area contributed by atoms with Crippen LogP contribution in [0, 0.1) is 11.8 Å². The Morgan fingerprint density at radius 1 is 0.989 bits per heavy atom. The number of nitrogens with one attached hydrogen (secondary N) is 5. The van der Waals surface area contributed by atoms with Crippen LogP contribution in [0.25, 0.3) is 0 Å². The Kier molecular flexibility index (Phi) is 29.4. The van der Waals surface area contributed by atoms with Crippen LogP contribution in [-0.2, 0) is 58.9 Å². The number of alkyl carbamates (subject to hydrolysis) is 1. The van der Waals surface area contributed by atoms with Crippen LogP contribution in [0.5, 0.6) is 5.75 Å². The fourth-order valence-electron chi connectivity index (χ4n) is 9.63. The molecule has 0 radical (unpaired) electrons. The van der Waals surface area contributed by atoms with E-state index in [0.29, 0.717) is 47.8 Å². The Labute approximate surface area is 530 Å². The number of unbranched alkanes of at least 4 members (excludes halogenated alkanes) is 2. The predicted octanol–water partition coefficient (Wildman–Crippen LogP) is 6.74. The van der Waals surface area contributed by atoms with Gasteiger partial charge in [0, 0.05) is 68.4 Å². The van der Waals surface area contributed by atoms with Gasteiger partial charge < -0.3 is 70.3 Å². The Bertz CT molecular complexity index is 2790. The average molecular weight is 1370 g/mol. The number of likely N-dealkylation sites (N-methyl/N-ethyl adjacent to an activating group) is 1. The summed E-state index contributed by atoms with van der Waals surface area (Å²) in [5, 5.41) is 25.8. The van der Waals surface area contributed by atoms with Crippen molar-refractivity contribution in [3.63, 3.8) is 0 Å². The van der Waals surface area contributed by atoms with Gasteiger partial charge in [-0.3, -0.25) is 34.1 Å². The second-order valence-electron chi connectivity index (χ2n) is 21.9. The van der Waals surface area contributed by atoms with E-state index in [4.69, 9.17) is 45.8 Å². The molecule has 8 amide bonds. The van der Waals surface area contributed by atoms with Crippen molar-refractivity contribution >= 4 is 108 Å². The fourth-order valence-corrected chi connectivity index (χ4v) is 11.5. The van der Waals surface area contributed by atoms with E-state index in [-0.39, 0.29) is 72.9 Å². The summed E-state index contributed by atoms with van der Waals surface area (Å²) in [6, 6.07) is 6.09. The van der Waals surface area contributed by atoms with Gasteiger partial charge in [-0.15, -0.1) is 0 Å².